The van der Waals surface area contributed by atoms with Gasteiger partial charge in [-0.3, -0.25) is 4.79 Å². The predicted octanol–water partition coefficient (Wildman–Crippen LogP) is 3.30. The second-order valence-corrected chi connectivity index (χ2v) is 6.76. The molecular formula is C13H19OS. The molecule has 1 radical (unpaired) electrons. The summed E-state index contributed by atoms with van der Waals surface area (Å²) < 4.78 is 0. The van der Waals surface area contributed by atoms with Crippen LogP contribution in [0, 0.1) is 29.6 Å². The molecule has 0 heterocycles. The molecule has 0 amide bonds. The molecule has 4 fully saturated rings. The van der Waals surface area contributed by atoms with E-state index in [0.717, 1.165) is 17.8 Å². The smallest absolute Gasteiger partial charge is 0.193 e. The summed E-state index contributed by atoms with van der Waals surface area (Å²) in [5.41, 5.74) is 0.328. The molecule has 4 saturated carbocycles. The van der Waals surface area contributed by atoms with Crippen molar-refractivity contribution in [1.29, 1.82) is 0 Å². The van der Waals surface area contributed by atoms with E-state index in [4.69, 9.17) is 0 Å². The van der Waals surface area contributed by atoms with Gasteiger partial charge >= 0.3 is 0 Å². The molecule has 2 heteroatoms. The Morgan fingerprint density at radius 2 is 1.60 bits per heavy atom. The highest BCUT2D eigenvalue weighted by molar-refractivity contribution is 8.13. The summed E-state index contributed by atoms with van der Waals surface area (Å²) in [5, 5.41) is 0.303. The molecule has 0 aromatic heterocycles. The van der Waals surface area contributed by atoms with Crippen LogP contribution in [0.3, 0.4) is 0 Å². The van der Waals surface area contributed by atoms with Gasteiger partial charge in [0.15, 0.2) is 5.12 Å². The maximum Gasteiger partial charge on any atom is 0.193 e. The molecule has 0 aromatic rings. The molecule has 4 aliphatic carbocycles. The number of hydrogen-bond donors (Lipinski definition) is 0. The van der Waals surface area contributed by atoms with Gasteiger partial charge < -0.3 is 0 Å². The Morgan fingerprint density at radius 1 is 1.13 bits per heavy atom. The topological polar surface area (TPSA) is 17.1 Å². The van der Waals surface area contributed by atoms with Crippen LogP contribution in [0.5, 0.6) is 0 Å². The fourth-order valence-corrected chi connectivity index (χ4v) is 5.03. The molecule has 4 aliphatic rings. The summed E-state index contributed by atoms with van der Waals surface area (Å²) in [4.78, 5) is 11.6. The molecule has 4 rings (SSSR count). The molecule has 83 valence electrons. The molecule has 0 spiro atoms. The molecule has 0 atom stereocenters. The zero-order valence-electron chi connectivity index (χ0n) is 9.37. The van der Waals surface area contributed by atoms with Gasteiger partial charge in [0.1, 0.15) is 0 Å². The van der Waals surface area contributed by atoms with E-state index in [9.17, 15) is 4.79 Å². The van der Waals surface area contributed by atoms with E-state index >= 15 is 0 Å². The normalized spacial score (nSPS) is 47.1. The molecule has 1 nitrogen and oxygen atoms in total. The lowest BCUT2D eigenvalue weighted by Gasteiger charge is -2.56. The Kier molecular flexibility index (Phi) is 2.39. The van der Waals surface area contributed by atoms with Crippen LogP contribution in [0.4, 0.5) is 0 Å². The maximum atomic E-state index is 11.6. The highest BCUT2D eigenvalue weighted by Crippen LogP contribution is 2.61. The number of hydrogen-bond acceptors (Lipinski definition) is 2. The summed E-state index contributed by atoms with van der Waals surface area (Å²) in [6.07, 6.45) is 12.3. The molecule has 4 bridgehead atoms. The Labute approximate surface area is 96.4 Å². The van der Waals surface area contributed by atoms with Crippen molar-refractivity contribution in [2.75, 3.05) is 6.26 Å². The highest BCUT2D eigenvalue weighted by Gasteiger charge is 2.51. The summed E-state index contributed by atoms with van der Waals surface area (Å²) in [5.74, 6) is 2.84. The van der Waals surface area contributed by atoms with Gasteiger partial charge in [0.2, 0.25) is 0 Å². The largest absolute Gasteiger partial charge is 0.287 e. The third-order valence-electron chi connectivity index (χ3n) is 4.71. The Balaban J connectivity index is 1.78. The zero-order chi connectivity index (χ0) is 10.5. The van der Waals surface area contributed by atoms with Crippen molar-refractivity contribution in [3.05, 3.63) is 6.42 Å². The first-order valence-corrected chi connectivity index (χ1v) is 7.35. The minimum atomic E-state index is 0.303. The number of rotatable bonds is 2. The maximum absolute atomic E-state index is 11.6. The SMILES string of the molecule is CSC(=O)[CH]C12CC3CC(CC(C3)C1)C2. The highest BCUT2D eigenvalue weighted by atomic mass is 32.2. The van der Waals surface area contributed by atoms with E-state index < -0.39 is 0 Å². The average molecular weight is 223 g/mol. The van der Waals surface area contributed by atoms with Crippen molar-refractivity contribution in [2.24, 2.45) is 23.2 Å². The molecular weight excluding hydrogens is 204 g/mol. The quantitative estimate of drug-likeness (QED) is 0.714. The van der Waals surface area contributed by atoms with Gasteiger partial charge in [-0.2, -0.15) is 0 Å². The van der Waals surface area contributed by atoms with Gasteiger partial charge in [-0.15, -0.1) is 0 Å². The summed E-state index contributed by atoms with van der Waals surface area (Å²) >= 11 is 1.38. The van der Waals surface area contributed by atoms with Crippen LogP contribution in [0.1, 0.15) is 38.5 Å². The minimum Gasteiger partial charge on any atom is -0.287 e. The van der Waals surface area contributed by atoms with Gasteiger partial charge in [-0.1, -0.05) is 11.8 Å². The molecule has 15 heavy (non-hydrogen) atoms. The van der Waals surface area contributed by atoms with Gasteiger partial charge in [0.05, 0.1) is 0 Å². The average Bonchev–Trinajstić information content (AvgIpc) is 2.14. The first kappa shape index (κ1) is 10.2. The van der Waals surface area contributed by atoms with Crippen molar-refractivity contribution in [1.82, 2.24) is 0 Å². The first-order valence-electron chi connectivity index (χ1n) is 6.13. The van der Waals surface area contributed by atoms with E-state index in [1.54, 1.807) is 0 Å². The van der Waals surface area contributed by atoms with Crippen LogP contribution in [0.15, 0.2) is 0 Å². The fraction of sp³-hybridized carbons (Fsp3) is 0.846. The van der Waals surface area contributed by atoms with Crippen LogP contribution in [-0.2, 0) is 4.79 Å². The van der Waals surface area contributed by atoms with E-state index in [2.05, 4.69) is 6.42 Å². The molecule has 0 unspecified atom stereocenters. The molecule has 0 aromatic carbocycles. The number of carbonyl (C=O) groups excluding carboxylic acids is 1. The lowest BCUT2D eigenvalue weighted by molar-refractivity contribution is -0.112. The standard InChI is InChI=1S/C13H19OS/c1-15-12(14)8-13-5-9-2-10(6-13)4-11(3-9)7-13/h8-11H,2-7H2,1H3. The van der Waals surface area contributed by atoms with E-state index in [1.165, 1.54) is 50.3 Å². The Morgan fingerprint density at radius 3 is 2.00 bits per heavy atom. The van der Waals surface area contributed by atoms with E-state index in [1.807, 2.05) is 6.26 Å². The van der Waals surface area contributed by atoms with E-state index in [0.29, 0.717) is 10.5 Å². The second-order valence-electron chi connectivity index (χ2n) is 5.95. The summed E-state index contributed by atoms with van der Waals surface area (Å²) in [6.45, 7) is 0. The van der Waals surface area contributed by atoms with Gasteiger partial charge in [-0.05, 0) is 67.9 Å². The minimum absolute atomic E-state index is 0.303. The molecule has 0 N–H and O–H groups in total. The number of carbonyl (C=O) groups is 1. The van der Waals surface area contributed by atoms with Crippen LogP contribution in [-0.4, -0.2) is 11.4 Å². The third kappa shape index (κ3) is 1.75. The van der Waals surface area contributed by atoms with Crippen LogP contribution < -0.4 is 0 Å². The Hall–Kier alpha value is 0.0200. The summed E-state index contributed by atoms with van der Waals surface area (Å²) in [7, 11) is 0. The van der Waals surface area contributed by atoms with E-state index in [-0.39, 0.29) is 0 Å². The Bertz CT molecular complexity index is 249. The van der Waals surface area contributed by atoms with Crippen LogP contribution in [0.25, 0.3) is 0 Å². The van der Waals surface area contributed by atoms with Crippen LogP contribution in [0.2, 0.25) is 0 Å². The monoisotopic (exact) mass is 223 g/mol. The van der Waals surface area contributed by atoms with Crippen molar-refractivity contribution >= 4 is 16.9 Å². The summed E-state index contributed by atoms with van der Waals surface area (Å²) in [6, 6.07) is 0. The lowest BCUT2D eigenvalue weighted by Crippen LogP contribution is -2.47. The van der Waals surface area contributed by atoms with Crippen molar-refractivity contribution in [2.45, 2.75) is 38.5 Å². The molecule has 0 aliphatic heterocycles. The number of thioether (sulfide) groups is 1. The van der Waals surface area contributed by atoms with Gasteiger partial charge in [0.25, 0.3) is 0 Å². The second kappa shape index (κ2) is 3.51. The van der Waals surface area contributed by atoms with Crippen molar-refractivity contribution < 1.29 is 4.79 Å². The van der Waals surface area contributed by atoms with Gasteiger partial charge in [0, 0.05) is 6.42 Å². The third-order valence-corrected chi connectivity index (χ3v) is 5.23. The van der Waals surface area contributed by atoms with Crippen LogP contribution >= 0.6 is 11.8 Å². The predicted molar refractivity (Wildman–Crippen MR) is 63.4 cm³/mol. The van der Waals surface area contributed by atoms with Crippen molar-refractivity contribution in [3.8, 4) is 0 Å². The first-order chi connectivity index (χ1) is 7.19. The molecule has 0 saturated heterocycles. The van der Waals surface area contributed by atoms with Gasteiger partial charge in [-0.25, -0.2) is 0 Å². The lowest BCUT2D eigenvalue weighted by atomic mass is 9.49. The zero-order valence-corrected chi connectivity index (χ0v) is 10.2. The van der Waals surface area contributed by atoms with Crippen molar-refractivity contribution in [3.63, 3.8) is 0 Å². The fourth-order valence-electron chi connectivity index (χ4n) is 4.66.